The standard InChI is InChI=1S/C17H15N3O4S/c1-11(25-15-6-4-3-5-14(15)23-2)16-18-19-17(24-16)12-7-9-13(10-8-12)20(21)22/h3-11H,1-2H3. The topological polar surface area (TPSA) is 91.3 Å². The zero-order valence-electron chi connectivity index (χ0n) is 13.6. The normalized spacial score (nSPS) is 11.9. The highest BCUT2D eigenvalue weighted by Crippen LogP contribution is 2.39. The Kier molecular flexibility index (Phi) is 4.99. The van der Waals surface area contributed by atoms with Crippen molar-refractivity contribution in [2.45, 2.75) is 17.1 Å². The molecule has 7 nitrogen and oxygen atoms in total. The minimum Gasteiger partial charge on any atom is -0.496 e. The fourth-order valence-electron chi connectivity index (χ4n) is 2.20. The number of nitro groups is 1. The smallest absolute Gasteiger partial charge is 0.269 e. The molecule has 0 amide bonds. The lowest BCUT2D eigenvalue weighted by atomic mass is 10.2. The maximum atomic E-state index is 10.7. The number of hydrogen-bond acceptors (Lipinski definition) is 7. The summed E-state index contributed by atoms with van der Waals surface area (Å²) in [5.74, 6) is 1.59. The van der Waals surface area contributed by atoms with Gasteiger partial charge in [-0.25, -0.2) is 0 Å². The highest BCUT2D eigenvalue weighted by atomic mass is 32.2. The van der Waals surface area contributed by atoms with Crippen LogP contribution in [-0.2, 0) is 0 Å². The first kappa shape index (κ1) is 17.0. The number of nitro benzene ring substituents is 1. The third-order valence-electron chi connectivity index (χ3n) is 3.49. The highest BCUT2D eigenvalue weighted by molar-refractivity contribution is 7.99. The minimum absolute atomic E-state index is 0.0172. The van der Waals surface area contributed by atoms with E-state index in [1.165, 1.54) is 12.1 Å². The summed E-state index contributed by atoms with van der Waals surface area (Å²) in [7, 11) is 1.63. The van der Waals surface area contributed by atoms with Crippen molar-refractivity contribution in [3.05, 3.63) is 64.5 Å². The van der Waals surface area contributed by atoms with Crippen molar-refractivity contribution in [3.8, 4) is 17.2 Å². The van der Waals surface area contributed by atoms with Crippen molar-refractivity contribution in [1.82, 2.24) is 10.2 Å². The van der Waals surface area contributed by atoms with Gasteiger partial charge in [-0.1, -0.05) is 12.1 Å². The van der Waals surface area contributed by atoms with Gasteiger partial charge in [-0.2, -0.15) is 0 Å². The van der Waals surface area contributed by atoms with E-state index < -0.39 is 4.92 Å². The molecule has 0 saturated carbocycles. The van der Waals surface area contributed by atoms with Gasteiger partial charge in [0.1, 0.15) is 5.75 Å². The van der Waals surface area contributed by atoms with Crippen LogP contribution in [0.25, 0.3) is 11.5 Å². The van der Waals surface area contributed by atoms with Crippen molar-refractivity contribution < 1.29 is 14.1 Å². The number of aromatic nitrogens is 2. The molecule has 0 bridgehead atoms. The molecule has 128 valence electrons. The summed E-state index contributed by atoms with van der Waals surface area (Å²) in [6, 6.07) is 13.7. The van der Waals surface area contributed by atoms with Gasteiger partial charge in [-0.05, 0) is 31.2 Å². The average molecular weight is 357 g/mol. The van der Waals surface area contributed by atoms with Crippen LogP contribution >= 0.6 is 11.8 Å². The van der Waals surface area contributed by atoms with Crippen LogP contribution in [0, 0.1) is 10.1 Å². The summed E-state index contributed by atoms with van der Waals surface area (Å²) >= 11 is 1.55. The second-order valence-electron chi connectivity index (χ2n) is 5.16. The molecule has 3 aromatic rings. The van der Waals surface area contributed by atoms with Crippen molar-refractivity contribution in [2.24, 2.45) is 0 Å². The SMILES string of the molecule is COc1ccccc1SC(C)c1nnc(-c2ccc([N+](=O)[O-])cc2)o1. The van der Waals surface area contributed by atoms with Gasteiger partial charge < -0.3 is 9.15 Å². The van der Waals surface area contributed by atoms with E-state index in [-0.39, 0.29) is 10.9 Å². The number of ether oxygens (including phenoxy) is 1. The fourth-order valence-corrected chi connectivity index (χ4v) is 3.20. The predicted molar refractivity (Wildman–Crippen MR) is 93.7 cm³/mol. The molecule has 1 unspecified atom stereocenters. The Morgan fingerprint density at radius 3 is 2.56 bits per heavy atom. The fraction of sp³-hybridized carbons (Fsp3) is 0.176. The molecule has 2 aromatic carbocycles. The Morgan fingerprint density at radius 2 is 1.88 bits per heavy atom. The lowest BCUT2D eigenvalue weighted by Crippen LogP contribution is -1.91. The second kappa shape index (κ2) is 7.35. The molecule has 0 aliphatic rings. The van der Waals surface area contributed by atoms with Crippen molar-refractivity contribution in [1.29, 1.82) is 0 Å². The van der Waals surface area contributed by atoms with Crippen molar-refractivity contribution in [3.63, 3.8) is 0 Å². The van der Waals surface area contributed by atoms with Crippen LogP contribution < -0.4 is 4.74 Å². The van der Waals surface area contributed by atoms with E-state index in [1.807, 2.05) is 31.2 Å². The molecule has 1 heterocycles. The first-order valence-electron chi connectivity index (χ1n) is 7.46. The lowest BCUT2D eigenvalue weighted by Gasteiger charge is -2.10. The van der Waals surface area contributed by atoms with E-state index in [2.05, 4.69) is 10.2 Å². The molecule has 0 aliphatic carbocycles. The largest absolute Gasteiger partial charge is 0.496 e. The maximum Gasteiger partial charge on any atom is 0.269 e. The van der Waals surface area contributed by atoms with Gasteiger partial charge in [0, 0.05) is 17.7 Å². The summed E-state index contributed by atoms with van der Waals surface area (Å²) in [6.45, 7) is 1.96. The summed E-state index contributed by atoms with van der Waals surface area (Å²) in [5.41, 5.74) is 0.655. The number of nitrogens with zero attached hydrogens (tertiary/aromatic N) is 3. The molecule has 0 saturated heterocycles. The van der Waals surface area contributed by atoms with Crippen LogP contribution in [-0.4, -0.2) is 22.2 Å². The Bertz CT molecular complexity index is 880. The second-order valence-corrected chi connectivity index (χ2v) is 6.54. The number of rotatable bonds is 6. The molecule has 1 atom stereocenters. The van der Waals surface area contributed by atoms with Crippen LogP contribution in [0.1, 0.15) is 18.1 Å². The third kappa shape index (κ3) is 3.80. The zero-order chi connectivity index (χ0) is 17.8. The monoisotopic (exact) mass is 357 g/mol. The van der Waals surface area contributed by atoms with E-state index in [0.717, 1.165) is 10.6 Å². The Balaban J connectivity index is 1.77. The third-order valence-corrected chi connectivity index (χ3v) is 4.63. The van der Waals surface area contributed by atoms with E-state index in [1.54, 1.807) is 31.0 Å². The average Bonchev–Trinajstić information content (AvgIpc) is 3.12. The van der Waals surface area contributed by atoms with E-state index in [0.29, 0.717) is 17.3 Å². The van der Waals surface area contributed by atoms with Gasteiger partial charge >= 0.3 is 0 Å². The first-order valence-corrected chi connectivity index (χ1v) is 8.34. The number of thioether (sulfide) groups is 1. The number of non-ortho nitro benzene ring substituents is 1. The molecule has 0 N–H and O–H groups in total. The number of benzene rings is 2. The van der Waals surface area contributed by atoms with Gasteiger partial charge in [0.05, 0.1) is 22.2 Å². The molecule has 0 radical (unpaired) electrons. The molecule has 25 heavy (non-hydrogen) atoms. The Hall–Kier alpha value is -2.87. The molecule has 0 spiro atoms. The van der Waals surface area contributed by atoms with Gasteiger partial charge in [-0.3, -0.25) is 10.1 Å². The predicted octanol–water partition coefficient (Wildman–Crippen LogP) is 4.51. The Labute approximate surface area is 148 Å². The zero-order valence-corrected chi connectivity index (χ0v) is 14.4. The summed E-state index contributed by atoms with van der Waals surface area (Å²) in [4.78, 5) is 11.2. The Morgan fingerprint density at radius 1 is 1.16 bits per heavy atom. The highest BCUT2D eigenvalue weighted by Gasteiger charge is 2.18. The van der Waals surface area contributed by atoms with Crippen molar-refractivity contribution >= 4 is 17.4 Å². The van der Waals surface area contributed by atoms with Gasteiger partial charge in [0.2, 0.25) is 11.8 Å². The van der Waals surface area contributed by atoms with Crippen LogP contribution in [0.4, 0.5) is 5.69 Å². The molecular weight excluding hydrogens is 342 g/mol. The maximum absolute atomic E-state index is 10.7. The van der Waals surface area contributed by atoms with E-state index in [4.69, 9.17) is 9.15 Å². The molecule has 1 aromatic heterocycles. The van der Waals surface area contributed by atoms with Crippen LogP contribution in [0.5, 0.6) is 5.75 Å². The summed E-state index contributed by atoms with van der Waals surface area (Å²) < 4.78 is 11.1. The number of hydrogen-bond donors (Lipinski definition) is 0. The van der Waals surface area contributed by atoms with Crippen molar-refractivity contribution in [2.75, 3.05) is 7.11 Å². The number of methoxy groups -OCH3 is 1. The van der Waals surface area contributed by atoms with Crippen LogP contribution in [0.2, 0.25) is 0 Å². The molecule has 3 rings (SSSR count). The van der Waals surface area contributed by atoms with E-state index >= 15 is 0 Å². The van der Waals surface area contributed by atoms with Gasteiger partial charge in [-0.15, -0.1) is 22.0 Å². The summed E-state index contributed by atoms with van der Waals surface area (Å²) in [5, 5.41) is 18.8. The molecule has 0 fully saturated rings. The molecular formula is C17H15N3O4S. The van der Waals surface area contributed by atoms with Crippen LogP contribution in [0.3, 0.4) is 0 Å². The lowest BCUT2D eigenvalue weighted by molar-refractivity contribution is -0.384. The first-order chi connectivity index (χ1) is 12.1. The van der Waals surface area contributed by atoms with E-state index in [9.17, 15) is 10.1 Å². The van der Waals surface area contributed by atoms with Crippen LogP contribution in [0.15, 0.2) is 57.8 Å². The number of para-hydroxylation sites is 1. The minimum atomic E-state index is -0.449. The van der Waals surface area contributed by atoms with Gasteiger partial charge in [0.15, 0.2) is 0 Å². The molecule has 8 heteroatoms. The quantitative estimate of drug-likeness (QED) is 0.364. The molecule has 0 aliphatic heterocycles. The van der Waals surface area contributed by atoms with Gasteiger partial charge in [0.25, 0.3) is 5.69 Å². The summed E-state index contributed by atoms with van der Waals surface area (Å²) in [6.07, 6.45) is 0.